The van der Waals surface area contributed by atoms with Crippen molar-refractivity contribution in [2.24, 2.45) is 5.18 Å². The van der Waals surface area contributed by atoms with E-state index in [1.165, 1.54) is 12.1 Å². The van der Waals surface area contributed by atoms with Crippen LogP contribution in [0.2, 0.25) is 0 Å². The number of benzene rings is 3. The fraction of sp³-hybridized carbons (Fsp3) is 0.0714. The van der Waals surface area contributed by atoms with Crippen LogP contribution < -0.4 is 5.32 Å². The van der Waals surface area contributed by atoms with Gasteiger partial charge in [0.2, 0.25) is 5.89 Å². The zero-order valence-electron chi connectivity index (χ0n) is 19.4. The highest BCUT2D eigenvalue weighted by molar-refractivity contribution is 6.19. The first-order chi connectivity index (χ1) is 18.0. The first-order valence-corrected chi connectivity index (χ1v) is 11.7. The minimum Gasteiger partial charge on any atom is -0.436 e. The highest BCUT2D eigenvalue weighted by atomic mass is 35.5. The van der Waals surface area contributed by atoms with Crippen LogP contribution in [0.5, 0.6) is 0 Å². The van der Waals surface area contributed by atoms with E-state index in [-0.39, 0.29) is 29.1 Å². The van der Waals surface area contributed by atoms with Crippen molar-refractivity contribution in [3.63, 3.8) is 0 Å². The number of fused-ring (bicyclic) bond motifs is 1. The van der Waals surface area contributed by atoms with Crippen LogP contribution in [0.4, 0.5) is 0 Å². The van der Waals surface area contributed by atoms with Gasteiger partial charge in [0.1, 0.15) is 5.52 Å². The van der Waals surface area contributed by atoms with Gasteiger partial charge >= 0.3 is 5.91 Å². The summed E-state index contributed by atoms with van der Waals surface area (Å²) in [5.74, 6) is -1.04. The first kappa shape index (κ1) is 25.4. The number of nitrogens with one attached hydrogen (secondary N) is 1. The summed E-state index contributed by atoms with van der Waals surface area (Å²) in [6.07, 6.45) is 5.62. The molecule has 0 bridgehead atoms. The quantitative estimate of drug-likeness (QED) is 0.130. The van der Waals surface area contributed by atoms with E-state index >= 15 is 0 Å². The molecule has 1 heterocycles. The van der Waals surface area contributed by atoms with Crippen molar-refractivity contribution < 1.29 is 18.8 Å². The third-order valence-corrected chi connectivity index (χ3v) is 5.65. The number of hydrogen-bond donors (Lipinski definition) is 1. The molecule has 0 aliphatic rings. The number of alkyl halides is 1. The lowest BCUT2D eigenvalue weighted by atomic mass is 10.0. The topological polar surface area (TPSA) is 119 Å². The van der Waals surface area contributed by atoms with Gasteiger partial charge in [-0.25, -0.2) is 4.98 Å². The Kier molecular flexibility index (Phi) is 8.12. The van der Waals surface area contributed by atoms with Crippen LogP contribution in [-0.2, 0) is 0 Å². The smallest absolute Gasteiger partial charge is 0.316 e. The van der Waals surface area contributed by atoms with E-state index in [1.807, 2.05) is 48.5 Å². The van der Waals surface area contributed by atoms with E-state index < -0.39 is 11.8 Å². The van der Waals surface area contributed by atoms with E-state index in [0.29, 0.717) is 28.8 Å². The maximum atomic E-state index is 12.7. The molecule has 0 atom stereocenters. The fourth-order valence-electron chi connectivity index (χ4n) is 3.65. The highest BCUT2D eigenvalue weighted by Gasteiger charge is 2.16. The summed E-state index contributed by atoms with van der Waals surface area (Å²) in [7, 11) is 0. The van der Waals surface area contributed by atoms with Gasteiger partial charge in [-0.1, -0.05) is 60.7 Å². The molecule has 4 aromatic rings. The summed E-state index contributed by atoms with van der Waals surface area (Å²) < 4.78 is 5.94. The van der Waals surface area contributed by atoms with Crippen molar-refractivity contribution >= 4 is 46.4 Å². The molecule has 4 rings (SSSR count). The van der Waals surface area contributed by atoms with E-state index in [4.69, 9.17) is 16.0 Å². The maximum absolute atomic E-state index is 12.7. The van der Waals surface area contributed by atoms with E-state index in [1.54, 1.807) is 18.2 Å². The molecule has 3 aromatic carbocycles. The van der Waals surface area contributed by atoms with Gasteiger partial charge in [-0.3, -0.25) is 14.4 Å². The molecule has 0 radical (unpaired) electrons. The molecule has 1 aromatic heterocycles. The molecule has 0 aliphatic carbocycles. The molecule has 184 valence electrons. The average Bonchev–Trinajstić information content (AvgIpc) is 3.37. The standard InChI is InChI=1S/C28H20ClN3O5/c29-13-4-7-19(12-14-30-27(35)23-15-21(26(34)32-36)8-9-22(23)17-33)28-31-24-16-20(10-11-25(24)37-28)18-5-2-1-3-6-18/h1-12,15-17H,13-14H2,(H,30,35)/b7-4-,19-12+. The average molecular weight is 514 g/mol. The molecule has 2 amide bonds. The maximum Gasteiger partial charge on any atom is 0.316 e. The zero-order valence-corrected chi connectivity index (χ0v) is 20.1. The zero-order chi connectivity index (χ0) is 26.2. The molecule has 1 N–H and O–H groups in total. The Morgan fingerprint density at radius 2 is 1.84 bits per heavy atom. The lowest BCUT2D eigenvalue weighted by Crippen LogP contribution is -2.25. The number of aromatic nitrogens is 1. The van der Waals surface area contributed by atoms with Crippen LogP contribution in [0.15, 0.2) is 94.6 Å². The Bertz CT molecular complexity index is 1540. The number of nitroso groups, excluding NO2 is 1. The number of carbonyl (C=O) groups excluding carboxylic acids is 3. The second kappa shape index (κ2) is 11.8. The number of oxazole rings is 1. The van der Waals surface area contributed by atoms with Crippen LogP contribution >= 0.6 is 11.6 Å². The lowest BCUT2D eigenvalue weighted by molar-refractivity contribution is 0.0952. The molecule has 37 heavy (non-hydrogen) atoms. The summed E-state index contributed by atoms with van der Waals surface area (Å²) in [5.41, 5.74) is 3.84. The van der Waals surface area contributed by atoms with Crippen LogP contribution in [0.25, 0.3) is 27.8 Å². The second-order valence-electron chi connectivity index (χ2n) is 7.81. The lowest BCUT2D eigenvalue weighted by Gasteiger charge is -2.07. The summed E-state index contributed by atoms with van der Waals surface area (Å²) in [6.45, 7) is 0.0528. The molecule has 0 unspecified atom stereocenters. The van der Waals surface area contributed by atoms with E-state index in [2.05, 4.69) is 15.5 Å². The van der Waals surface area contributed by atoms with Gasteiger partial charge < -0.3 is 9.73 Å². The molecular formula is C28H20ClN3O5. The van der Waals surface area contributed by atoms with Gasteiger partial charge in [0, 0.05) is 34.3 Å². The highest BCUT2D eigenvalue weighted by Crippen LogP contribution is 2.27. The van der Waals surface area contributed by atoms with Crippen molar-refractivity contribution in [2.75, 3.05) is 12.4 Å². The van der Waals surface area contributed by atoms with Gasteiger partial charge in [0.15, 0.2) is 11.9 Å². The molecule has 9 heteroatoms. The number of halogens is 1. The number of aldehydes is 1. The minimum atomic E-state index is -1.04. The number of carbonyl (C=O) groups is 3. The number of nitrogens with zero attached hydrogens (tertiary/aromatic N) is 2. The van der Waals surface area contributed by atoms with E-state index in [9.17, 15) is 19.3 Å². The van der Waals surface area contributed by atoms with Crippen molar-refractivity contribution in [3.05, 3.63) is 112 Å². The Morgan fingerprint density at radius 3 is 2.57 bits per heavy atom. The summed E-state index contributed by atoms with van der Waals surface area (Å²) in [5, 5.41) is 5.02. The summed E-state index contributed by atoms with van der Waals surface area (Å²) in [6, 6.07) is 19.3. The van der Waals surface area contributed by atoms with Crippen molar-refractivity contribution in [2.45, 2.75) is 0 Å². The van der Waals surface area contributed by atoms with Crippen LogP contribution in [0.3, 0.4) is 0 Å². The predicted octanol–water partition coefficient (Wildman–Crippen LogP) is 5.82. The Balaban J connectivity index is 1.58. The number of rotatable bonds is 9. The van der Waals surface area contributed by atoms with Crippen LogP contribution in [0, 0.1) is 4.91 Å². The first-order valence-electron chi connectivity index (χ1n) is 11.2. The van der Waals surface area contributed by atoms with Gasteiger partial charge in [-0.05, 0) is 35.4 Å². The van der Waals surface area contributed by atoms with Gasteiger partial charge in [-0.15, -0.1) is 16.5 Å². The molecule has 0 fully saturated rings. The molecule has 0 aliphatic heterocycles. The minimum absolute atomic E-state index is 0.0500. The largest absolute Gasteiger partial charge is 0.436 e. The van der Waals surface area contributed by atoms with E-state index in [0.717, 1.165) is 17.2 Å². The third kappa shape index (κ3) is 5.94. The second-order valence-corrected chi connectivity index (χ2v) is 8.12. The Labute approximate surface area is 216 Å². The molecule has 0 spiro atoms. The van der Waals surface area contributed by atoms with Gasteiger partial charge in [-0.2, -0.15) is 0 Å². The molecule has 0 saturated carbocycles. The van der Waals surface area contributed by atoms with Crippen LogP contribution in [0.1, 0.15) is 37.0 Å². The molecule has 8 nitrogen and oxygen atoms in total. The molecule has 0 saturated heterocycles. The van der Waals surface area contributed by atoms with Gasteiger partial charge in [0.25, 0.3) is 5.91 Å². The number of amides is 2. The predicted molar refractivity (Wildman–Crippen MR) is 142 cm³/mol. The SMILES string of the molecule is O=Cc1ccc(C(=O)N=O)cc1C(=O)NC/C=C(\C=C/CCl)c1nc2cc(-c3ccccc3)ccc2o1. The molecular weight excluding hydrogens is 494 g/mol. The van der Waals surface area contributed by atoms with Crippen molar-refractivity contribution in [1.82, 2.24) is 10.3 Å². The van der Waals surface area contributed by atoms with Crippen LogP contribution in [-0.4, -0.2) is 35.5 Å². The monoisotopic (exact) mass is 513 g/mol. The summed E-state index contributed by atoms with van der Waals surface area (Å²) in [4.78, 5) is 50.8. The Morgan fingerprint density at radius 1 is 1.03 bits per heavy atom. The number of hydrogen-bond acceptors (Lipinski definition) is 6. The van der Waals surface area contributed by atoms with Gasteiger partial charge in [0.05, 0.1) is 5.56 Å². The normalized spacial score (nSPS) is 11.5. The fourth-order valence-corrected chi connectivity index (χ4v) is 3.74. The van der Waals surface area contributed by atoms with Crippen molar-refractivity contribution in [3.8, 4) is 11.1 Å². The third-order valence-electron chi connectivity index (χ3n) is 5.47. The summed E-state index contributed by atoms with van der Waals surface area (Å²) >= 11 is 5.83. The van der Waals surface area contributed by atoms with Crippen molar-refractivity contribution in [1.29, 1.82) is 0 Å². The Hall–Kier alpha value is -4.69. The number of allylic oxidation sites excluding steroid dienone is 3.